The van der Waals surface area contributed by atoms with Crippen molar-refractivity contribution in [2.24, 2.45) is 5.41 Å². The molecule has 1 fully saturated rings. The first-order valence-electron chi connectivity index (χ1n) is 6.64. The second-order valence-corrected chi connectivity index (χ2v) is 4.91. The predicted molar refractivity (Wildman–Crippen MR) is 68.5 cm³/mol. The van der Waals surface area contributed by atoms with E-state index in [4.69, 9.17) is 14.2 Å². The van der Waals surface area contributed by atoms with Gasteiger partial charge >= 0.3 is 5.97 Å². The van der Waals surface area contributed by atoms with Crippen molar-refractivity contribution in [1.29, 1.82) is 0 Å². The van der Waals surface area contributed by atoms with E-state index in [-0.39, 0.29) is 11.4 Å². The lowest BCUT2D eigenvalue weighted by atomic mass is 9.81. The van der Waals surface area contributed by atoms with Crippen molar-refractivity contribution in [2.45, 2.75) is 26.2 Å². The lowest BCUT2D eigenvalue weighted by molar-refractivity contribution is -0.156. The summed E-state index contributed by atoms with van der Waals surface area (Å²) in [5.74, 6) is -0.0686. The van der Waals surface area contributed by atoms with Crippen LogP contribution in [0.15, 0.2) is 0 Å². The van der Waals surface area contributed by atoms with E-state index in [9.17, 15) is 4.79 Å². The lowest BCUT2D eigenvalue weighted by Gasteiger charge is -2.31. The van der Waals surface area contributed by atoms with Crippen LogP contribution in [0, 0.1) is 5.41 Å². The second-order valence-electron chi connectivity index (χ2n) is 4.91. The summed E-state index contributed by atoms with van der Waals surface area (Å²) < 4.78 is 15.5. The highest BCUT2D eigenvalue weighted by atomic mass is 16.5. The van der Waals surface area contributed by atoms with Crippen LogP contribution in [0.5, 0.6) is 0 Å². The van der Waals surface area contributed by atoms with E-state index in [0.29, 0.717) is 26.4 Å². The summed E-state index contributed by atoms with van der Waals surface area (Å²) >= 11 is 0. The fraction of sp³-hybridized carbons (Fsp3) is 0.923. The summed E-state index contributed by atoms with van der Waals surface area (Å²) in [5.41, 5.74) is -0.303. The summed E-state index contributed by atoms with van der Waals surface area (Å²) in [6, 6.07) is 0. The number of hydrogen-bond donors (Lipinski definition) is 1. The second kappa shape index (κ2) is 8.45. The molecule has 18 heavy (non-hydrogen) atoms. The van der Waals surface area contributed by atoms with E-state index in [1.54, 1.807) is 7.11 Å². The number of nitrogens with one attached hydrogen (secondary N) is 1. The van der Waals surface area contributed by atoms with Crippen LogP contribution in [0.4, 0.5) is 0 Å². The summed E-state index contributed by atoms with van der Waals surface area (Å²) in [6.45, 7) is 6.02. The fourth-order valence-electron chi connectivity index (χ4n) is 1.93. The van der Waals surface area contributed by atoms with Gasteiger partial charge in [0.15, 0.2) is 0 Å². The first kappa shape index (κ1) is 15.4. The van der Waals surface area contributed by atoms with Crippen LogP contribution < -0.4 is 5.32 Å². The van der Waals surface area contributed by atoms with Gasteiger partial charge in [-0.2, -0.15) is 0 Å². The molecular formula is C13H25NO4. The molecule has 0 amide bonds. The summed E-state index contributed by atoms with van der Waals surface area (Å²) in [4.78, 5) is 11.9. The molecule has 0 bridgehead atoms. The number of piperidine rings is 1. The van der Waals surface area contributed by atoms with Crippen LogP contribution in [0.3, 0.4) is 0 Å². The fourth-order valence-corrected chi connectivity index (χ4v) is 1.93. The third kappa shape index (κ3) is 5.33. The molecule has 1 heterocycles. The number of ether oxygens (including phenoxy) is 3. The van der Waals surface area contributed by atoms with Crippen LogP contribution in [-0.2, 0) is 19.0 Å². The van der Waals surface area contributed by atoms with Crippen molar-refractivity contribution in [1.82, 2.24) is 5.32 Å². The molecule has 0 atom stereocenters. The zero-order valence-corrected chi connectivity index (χ0v) is 11.5. The largest absolute Gasteiger partial charge is 0.465 e. The maximum absolute atomic E-state index is 11.9. The molecule has 1 aliphatic heterocycles. The molecule has 1 rings (SSSR count). The van der Waals surface area contributed by atoms with Crippen LogP contribution in [-0.4, -0.2) is 52.6 Å². The van der Waals surface area contributed by atoms with Crippen molar-refractivity contribution in [3.63, 3.8) is 0 Å². The van der Waals surface area contributed by atoms with Gasteiger partial charge in [-0.3, -0.25) is 4.79 Å². The Labute approximate surface area is 109 Å². The molecule has 0 spiro atoms. The Morgan fingerprint density at radius 2 is 1.89 bits per heavy atom. The van der Waals surface area contributed by atoms with E-state index in [0.717, 1.165) is 32.4 Å². The van der Waals surface area contributed by atoms with Crippen LogP contribution >= 0.6 is 0 Å². The number of hydrogen-bond acceptors (Lipinski definition) is 5. The lowest BCUT2D eigenvalue weighted by Crippen LogP contribution is -2.41. The molecule has 0 unspecified atom stereocenters. The molecule has 0 aromatic rings. The van der Waals surface area contributed by atoms with E-state index >= 15 is 0 Å². The average molecular weight is 259 g/mol. The van der Waals surface area contributed by atoms with E-state index < -0.39 is 0 Å². The van der Waals surface area contributed by atoms with Gasteiger partial charge in [-0.1, -0.05) is 0 Å². The third-order valence-electron chi connectivity index (χ3n) is 3.30. The van der Waals surface area contributed by atoms with Crippen molar-refractivity contribution in [3.8, 4) is 0 Å². The topological polar surface area (TPSA) is 56.8 Å². The maximum atomic E-state index is 11.9. The van der Waals surface area contributed by atoms with Crippen LogP contribution in [0.2, 0.25) is 0 Å². The molecular weight excluding hydrogens is 234 g/mol. The smallest absolute Gasteiger partial charge is 0.311 e. The Bertz CT molecular complexity index is 239. The minimum atomic E-state index is -0.303. The zero-order chi connectivity index (χ0) is 13.3. The van der Waals surface area contributed by atoms with E-state index in [1.165, 1.54) is 0 Å². The average Bonchev–Trinajstić information content (AvgIpc) is 2.38. The Morgan fingerprint density at radius 3 is 2.56 bits per heavy atom. The number of carbonyl (C=O) groups excluding carboxylic acids is 1. The van der Waals surface area contributed by atoms with Crippen molar-refractivity contribution < 1.29 is 19.0 Å². The van der Waals surface area contributed by atoms with Gasteiger partial charge in [0.05, 0.1) is 25.2 Å². The zero-order valence-electron chi connectivity index (χ0n) is 11.5. The van der Waals surface area contributed by atoms with E-state index in [1.807, 2.05) is 6.92 Å². The van der Waals surface area contributed by atoms with Gasteiger partial charge in [-0.05, 0) is 32.9 Å². The van der Waals surface area contributed by atoms with Gasteiger partial charge in [-0.15, -0.1) is 0 Å². The van der Waals surface area contributed by atoms with Gasteiger partial charge < -0.3 is 19.5 Å². The molecule has 1 N–H and O–H groups in total. The summed E-state index contributed by atoms with van der Waals surface area (Å²) in [7, 11) is 1.64. The highest BCUT2D eigenvalue weighted by molar-refractivity contribution is 5.76. The number of rotatable bonds is 8. The standard InChI is InChI=1S/C13H25NO4/c1-13(4-6-14-7-5-13)12(15)18-9-3-8-17-11-10-16-2/h14H,3-11H2,1-2H3. The Kier molecular flexibility index (Phi) is 7.23. The van der Waals surface area contributed by atoms with E-state index in [2.05, 4.69) is 5.32 Å². The normalized spacial score (nSPS) is 18.6. The number of esters is 1. The Morgan fingerprint density at radius 1 is 1.17 bits per heavy atom. The van der Waals surface area contributed by atoms with Gasteiger partial charge in [0, 0.05) is 20.1 Å². The number of methoxy groups -OCH3 is 1. The maximum Gasteiger partial charge on any atom is 0.311 e. The summed E-state index contributed by atoms with van der Waals surface area (Å²) in [6.07, 6.45) is 2.45. The SMILES string of the molecule is COCCOCCCOC(=O)C1(C)CCNCC1. The van der Waals surface area contributed by atoms with Gasteiger partial charge in [-0.25, -0.2) is 0 Å². The highest BCUT2D eigenvalue weighted by Gasteiger charge is 2.35. The van der Waals surface area contributed by atoms with Gasteiger partial charge in [0.1, 0.15) is 0 Å². The van der Waals surface area contributed by atoms with Crippen LogP contribution in [0.25, 0.3) is 0 Å². The molecule has 0 aromatic heterocycles. The molecule has 1 aliphatic rings. The highest BCUT2D eigenvalue weighted by Crippen LogP contribution is 2.29. The van der Waals surface area contributed by atoms with Gasteiger partial charge in [0.2, 0.25) is 0 Å². The molecule has 0 aliphatic carbocycles. The van der Waals surface area contributed by atoms with Crippen molar-refractivity contribution in [2.75, 3.05) is 46.6 Å². The molecule has 1 saturated heterocycles. The molecule has 0 saturated carbocycles. The molecule has 106 valence electrons. The van der Waals surface area contributed by atoms with Crippen LogP contribution in [0.1, 0.15) is 26.2 Å². The first-order valence-corrected chi connectivity index (χ1v) is 6.64. The molecule has 0 radical (unpaired) electrons. The molecule has 5 nitrogen and oxygen atoms in total. The Hall–Kier alpha value is -0.650. The first-order chi connectivity index (χ1) is 8.69. The minimum absolute atomic E-state index is 0.0686. The van der Waals surface area contributed by atoms with Crippen molar-refractivity contribution in [3.05, 3.63) is 0 Å². The monoisotopic (exact) mass is 259 g/mol. The quantitative estimate of drug-likeness (QED) is 0.520. The minimum Gasteiger partial charge on any atom is -0.465 e. The van der Waals surface area contributed by atoms with Crippen molar-refractivity contribution >= 4 is 5.97 Å². The number of carbonyl (C=O) groups is 1. The molecule has 0 aromatic carbocycles. The predicted octanol–water partition coefficient (Wildman–Crippen LogP) is 0.972. The Balaban J connectivity index is 2.05. The molecule has 5 heteroatoms. The van der Waals surface area contributed by atoms with Gasteiger partial charge in [0.25, 0.3) is 0 Å². The summed E-state index contributed by atoms with van der Waals surface area (Å²) in [5, 5.41) is 3.25. The third-order valence-corrected chi connectivity index (χ3v) is 3.30.